The summed E-state index contributed by atoms with van der Waals surface area (Å²) in [5.74, 6) is 1.17. The number of phenols is 1. The van der Waals surface area contributed by atoms with E-state index in [0.717, 1.165) is 36.1 Å². The molecule has 1 aromatic carbocycles. The van der Waals surface area contributed by atoms with E-state index in [0.29, 0.717) is 19.8 Å². The van der Waals surface area contributed by atoms with Gasteiger partial charge in [-0.15, -0.1) is 0 Å². The van der Waals surface area contributed by atoms with Gasteiger partial charge in [-0.25, -0.2) is 0 Å². The molecule has 0 radical (unpaired) electrons. The second-order valence-corrected chi connectivity index (χ2v) is 5.74. The van der Waals surface area contributed by atoms with Crippen molar-refractivity contribution in [3.05, 3.63) is 33.8 Å². The van der Waals surface area contributed by atoms with Gasteiger partial charge in [0.15, 0.2) is 0 Å². The Labute approximate surface area is 136 Å². The number of hydrogen-bond donors (Lipinski definition) is 1. The number of benzene rings is 1. The molecule has 0 heterocycles. The monoisotopic (exact) mass is 332 g/mol. The fourth-order valence-corrected chi connectivity index (χ4v) is 2.11. The predicted molar refractivity (Wildman–Crippen MR) is 87.6 cm³/mol. The van der Waals surface area contributed by atoms with Gasteiger partial charge >= 0.3 is 0 Å². The molecule has 0 amide bonds. The number of unbranched alkanes of at least 4 members (excludes halogenated alkanes) is 1. The molecule has 0 atom stereocenters. The lowest BCUT2D eigenvalue weighted by Crippen LogP contribution is -2.04. The molecule has 0 bridgehead atoms. The maximum absolute atomic E-state index is 9.58. The van der Waals surface area contributed by atoms with Crippen molar-refractivity contribution >= 4 is 23.2 Å². The molecule has 1 rings (SSSR count). The van der Waals surface area contributed by atoms with Gasteiger partial charge in [0.05, 0.1) is 13.2 Å². The second kappa shape index (κ2) is 9.93. The summed E-state index contributed by atoms with van der Waals surface area (Å²) in [6, 6.07) is 3.48. The summed E-state index contributed by atoms with van der Waals surface area (Å²) in [5.41, 5.74) is 2.00. The van der Waals surface area contributed by atoms with Crippen LogP contribution in [0.15, 0.2) is 22.7 Å². The summed E-state index contributed by atoms with van der Waals surface area (Å²) in [7, 11) is 0. The van der Waals surface area contributed by atoms with Crippen LogP contribution in [0.4, 0.5) is 0 Å². The predicted octanol–water partition coefficient (Wildman–Crippen LogP) is 4.76. The van der Waals surface area contributed by atoms with Crippen molar-refractivity contribution in [2.45, 2.75) is 33.1 Å². The van der Waals surface area contributed by atoms with Crippen molar-refractivity contribution in [3.63, 3.8) is 0 Å². The summed E-state index contributed by atoms with van der Waals surface area (Å²) in [6.45, 7) is 5.70. The smallest absolute Gasteiger partial charge is 0.125 e. The van der Waals surface area contributed by atoms with Gasteiger partial charge in [-0.05, 0) is 55.5 Å². The number of aromatic hydroxyl groups is 1. The minimum atomic E-state index is 0.230. The minimum absolute atomic E-state index is 0.230. The van der Waals surface area contributed by atoms with Crippen molar-refractivity contribution in [1.82, 2.24) is 0 Å². The molecule has 0 aliphatic heterocycles. The Balaban J connectivity index is 2.28. The van der Waals surface area contributed by atoms with Crippen LogP contribution in [-0.2, 0) is 11.2 Å². The van der Waals surface area contributed by atoms with Crippen molar-refractivity contribution in [1.29, 1.82) is 0 Å². The fourth-order valence-electron chi connectivity index (χ4n) is 1.98. The average Bonchev–Trinajstić information content (AvgIpc) is 2.42. The molecule has 0 spiro atoms. The molecule has 0 saturated heterocycles. The van der Waals surface area contributed by atoms with Crippen LogP contribution in [-0.4, -0.2) is 24.9 Å². The van der Waals surface area contributed by atoms with Gasteiger partial charge in [-0.1, -0.05) is 30.1 Å². The number of hydrogen-bond acceptors (Lipinski definition) is 3. The largest absolute Gasteiger partial charge is 0.508 e. The standard InChI is InChI=1S/C16H22Cl2O3/c1-3-13-11-14(19)10-12(2)16(13)21-8-5-4-7-20-9-6-15(17)18/h6,10-11,19H,3-5,7-9H2,1-2H3. The lowest BCUT2D eigenvalue weighted by atomic mass is 10.1. The first-order chi connectivity index (χ1) is 10.0. The number of ether oxygens (including phenoxy) is 2. The molecule has 0 aromatic heterocycles. The van der Waals surface area contributed by atoms with Gasteiger partial charge in [-0.3, -0.25) is 0 Å². The zero-order valence-electron chi connectivity index (χ0n) is 12.5. The molecule has 5 heteroatoms. The Morgan fingerprint density at radius 1 is 1.24 bits per heavy atom. The minimum Gasteiger partial charge on any atom is -0.508 e. The van der Waals surface area contributed by atoms with E-state index in [1.807, 2.05) is 13.8 Å². The molecule has 1 aromatic rings. The number of phenolic OH excluding ortho intramolecular Hbond substituents is 1. The van der Waals surface area contributed by atoms with E-state index in [4.69, 9.17) is 32.7 Å². The highest BCUT2D eigenvalue weighted by molar-refractivity contribution is 6.55. The van der Waals surface area contributed by atoms with E-state index in [2.05, 4.69) is 0 Å². The highest BCUT2D eigenvalue weighted by Gasteiger charge is 2.08. The average molecular weight is 333 g/mol. The number of rotatable bonds is 9. The third-order valence-corrected chi connectivity index (χ3v) is 3.31. The molecular formula is C16H22Cl2O3. The molecule has 21 heavy (non-hydrogen) atoms. The molecule has 118 valence electrons. The third kappa shape index (κ3) is 7.07. The summed E-state index contributed by atoms with van der Waals surface area (Å²) < 4.78 is 11.4. The van der Waals surface area contributed by atoms with E-state index in [9.17, 15) is 5.11 Å². The first kappa shape index (κ1) is 18.1. The molecule has 0 aliphatic carbocycles. The van der Waals surface area contributed by atoms with Gasteiger partial charge in [0.2, 0.25) is 0 Å². The maximum Gasteiger partial charge on any atom is 0.125 e. The van der Waals surface area contributed by atoms with E-state index in [-0.39, 0.29) is 10.2 Å². The fraction of sp³-hybridized carbons (Fsp3) is 0.500. The molecule has 0 aliphatic rings. The number of aryl methyl sites for hydroxylation is 2. The summed E-state index contributed by atoms with van der Waals surface area (Å²) in [4.78, 5) is 0. The van der Waals surface area contributed by atoms with Gasteiger partial charge in [0.25, 0.3) is 0 Å². The van der Waals surface area contributed by atoms with Crippen LogP contribution in [0.25, 0.3) is 0 Å². The van der Waals surface area contributed by atoms with E-state index >= 15 is 0 Å². The van der Waals surface area contributed by atoms with Crippen LogP contribution >= 0.6 is 23.2 Å². The summed E-state index contributed by atoms with van der Waals surface area (Å²) in [6.07, 6.45) is 4.26. The summed E-state index contributed by atoms with van der Waals surface area (Å²) >= 11 is 10.9. The topological polar surface area (TPSA) is 38.7 Å². The highest BCUT2D eigenvalue weighted by Crippen LogP contribution is 2.29. The Morgan fingerprint density at radius 2 is 1.95 bits per heavy atom. The Kier molecular flexibility index (Phi) is 8.58. The maximum atomic E-state index is 9.58. The summed E-state index contributed by atoms with van der Waals surface area (Å²) in [5, 5.41) is 9.58. The zero-order chi connectivity index (χ0) is 15.7. The number of halogens is 2. The van der Waals surface area contributed by atoms with Crippen molar-refractivity contribution < 1.29 is 14.6 Å². The Morgan fingerprint density at radius 3 is 2.62 bits per heavy atom. The van der Waals surface area contributed by atoms with Gasteiger partial charge in [0, 0.05) is 6.61 Å². The molecular weight excluding hydrogens is 311 g/mol. The van der Waals surface area contributed by atoms with E-state index in [1.54, 1.807) is 18.2 Å². The van der Waals surface area contributed by atoms with Crippen molar-refractivity contribution in [3.8, 4) is 11.5 Å². The first-order valence-corrected chi connectivity index (χ1v) is 7.84. The lowest BCUT2D eigenvalue weighted by Gasteiger charge is -2.14. The van der Waals surface area contributed by atoms with Crippen molar-refractivity contribution in [2.75, 3.05) is 19.8 Å². The van der Waals surface area contributed by atoms with Crippen LogP contribution in [0.2, 0.25) is 0 Å². The van der Waals surface area contributed by atoms with Crippen LogP contribution in [0.3, 0.4) is 0 Å². The molecule has 1 N–H and O–H groups in total. The van der Waals surface area contributed by atoms with E-state index in [1.165, 1.54) is 0 Å². The molecule has 3 nitrogen and oxygen atoms in total. The highest BCUT2D eigenvalue weighted by atomic mass is 35.5. The van der Waals surface area contributed by atoms with Gasteiger partial charge < -0.3 is 14.6 Å². The van der Waals surface area contributed by atoms with Crippen LogP contribution in [0.1, 0.15) is 30.9 Å². The van der Waals surface area contributed by atoms with Crippen LogP contribution in [0, 0.1) is 6.92 Å². The third-order valence-electron chi connectivity index (χ3n) is 3.00. The Hall–Kier alpha value is -0.900. The van der Waals surface area contributed by atoms with Gasteiger partial charge in [-0.2, -0.15) is 0 Å². The first-order valence-electron chi connectivity index (χ1n) is 7.08. The van der Waals surface area contributed by atoms with E-state index < -0.39 is 0 Å². The molecule has 0 fully saturated rings. The van der Waals surface area contributed by atoms with Crippen LogP contribution < -0.4 is 4.74 Å². The SMILES string of the molecule is CCc1cc(O)cc(C)c1OCCCCOCC=C(Cl)Cl. The Bertz CT molecular complexity index is 469. The van der Waals surface area contributed by atoms with Crippen LogP contribution in [0.5, 0.6) is 11.5 Å². The molecule has 0 unspecified atom stereocenters. The van der Waals surface area contributed by atoms with Crippen molar-refractivity contribution in [2.24, 2.45) is 0 Å². The zero-order valence-corrected chi connectivity index (χ0v) is 14.0. The lowest BCUT2D eigenvalue weighted by molar-refractivity contribution is 0.152. The van der Waals surface area contributed by atoms with Gasteiger partial charge in [0.1, 0.15) is 16.0 Å². The molecule has 0 saturated carbocycles. The second-order valence-electron chi connectivity index (χ2n) is 4.73. The quantitative estimate of drug-likeness (QED) is 0.662. The normalized spacial score (nSPS) is 10.5.